The standard InChI is InChI=1S/C17H28N4O.C4H6/c1-19-9-11-21(12-10-19)14-5-7-20(8-6-14)15-3-4-16(18)17(13-15)22-2;1-3-4-2/h3-4,13-14H,5-12,18H2,1-2H3;3-4H,1-2H2. The number of piperazine rings is 1. The molecule has 0 saturated carbocycles. The van der Waals surface area contributed by atoms with Crippen molar-refractivity contribution in [2.75, 3.05) is 64.1 Å². The van der Waals surface area contributed by atoms with Crippen LogP contribution in [0.1, 0.15) is 12.8 Å². The summed E-state index contributed by atoms with van der Waals surface area (Å²) >= 11 is 0. The van der Waals surface area contributed by atoms with Gasteiger partial charge in [-0.15, -0.1) is 0 Å². The summed E-state index contributed by atoms with van der Waals surface area (Å²) in [5.74, 6) is 0.777. The fraction of sp³-hybridized carbons (Fsp3) is 0.524. The zero-order valence-corrected chi connectivity index (χ0v) is 16.4. The number of nitrogens with two attached hydrogens (primary N) is 1. The zero-order valence-electron chi connectivity index (χ0n) is 16.4. The van der Waals surface area contributed by atoms with Crippen LogP contribution in [0.3, 0.4) is 0 Å². The Hall–Kier alpha value is -1.98. The first kappa shape index (κ1) is 20.3. The first-order valence-corrected chi connectivity index (χ1v) is 9.43. The summed E-state index contributed by atoms with van der Waals surface area (Å²) in [5, 5.41) is 0. The molecule has 2 heterocycles. The molecule has 0 unspecified atom stereocenters. The molecule has 1 aromatic rings. The van der Waals surface area contributed by atoms with E-state index in [1.54, 1.807) is 19.3 Å². The van der Waals surface area contributed by atoms with Crippen LogP contribution in [0.25, 0.3) is 0 Å². The molecule has 2 N–H and O–H groups in total. The third-order valence-corrected chi connectivity index (χ3v) is 5.27. The molecule has 0 atom stereocenters. The smallest absolute Gasteiger partial charge is 0.143 e. The first-order chi connectivity index (χ1) is 12.6. The van der Waals surface area contributed by atoms with E-state index in [1.807, 2.05) is 6.07 Å². The zero-order chi connectivity index (χ0) is 18.9. The topological polar surface area (TPSA) is 45.0 Å². The summed E-state index contributed by atoms with van der Waals surface area (Å²) in [4.78, 5) is 7.56. The molecular formula is C21H34N4O. The van der Waals surface area contributed by atoms with E-state index in [2.05, 4.69) is 47.0 Å². The minimum Gasteiger partial charge on any atom is -0.495 e. The molecule has 2 fully saturated rings. The summed E-state index contributed by atoms with van der Waals surface area (Å²) < 4.78 is 5.34. The lowest BCUT2D eigenvalue weighted by atomic mass is 10.0. The lowest BCUT2D eigenvalue weighted by Crippen LogP contribution is -2.52. The Morgan fingerprint density at radius 2 is 1.65 bits per heavy atom. The molecule has 0 spiro atoms. The van der Waals surface area contributed by atoms with Crippen LogP contribution in [-0.4, -0.2) is 69.3 Å². The van der Waals surface area contributed by atoms with Gasteiger partial charge in [0.1, 0.15) is 5.75 Å². The number of hydrogen-bond acceptors (Lipinski definition) is 5. The Balaban J connectivity index is 0.000000552. The van der Waals surface area contributed by atoms with Gasteiger partial charge in [-0.3, -0.25) is 4.90 Å². The number of methoxy groups -OCH3 is 1. The van der Waals surface area contributed by atoms with E-state index >= 15 is 0 Å². The molecule has 2 aliphatic heterocycles. The van der Waals surface area contributed by atoms with Crippen molar-refractivity contribution in [3.8, 4) is 5.75 Å². The van der Waals surface area contributed by atoms with Gasteiger partial charge in [-0.1, -0.05) is 25.3 Å². The fourth-order valence-electron chi connectivity index (χ4n) is 3.57. The minimum atomic E-state index is 0.707. The normalized spacial score (nSPS) is 19.4. The highest BCUT2D eigenvalue weighted by atomic mass is 16.5. The monoisotopic (exact) mass is 358 g/mol. The van der Waals surface area contributed by atoms with E-state index < -0.39 is 0 Å². The number of likely N-dealkylation sites (N-methyl/N-ethyl adjacent to an activating group) is 1. The minimum absolute atomic E-state index is 0.707. The van der Waals surface area contributed by atoms with Gasteiger partial charge >= 0.3 is 0 Å². The van der Waals surface area contributed by atoms with Gasteiger partial charge in [0.25, 0.3) is 0 Å². The van der Waals surface area contributed by atoms with E-state index in [4.69, 9.17) is 10.5 Å². The summed E-state index contributed by atoms with van der Waals surface area (Å²) in [6.45, 7) is 13.8. The van der Waals surface area contributed by atoms with E-state index in [0.717, 1.165) is 24.9 Å². The molecule has 2 saturated heterocycles. The molecular weight excluding hydrogens is 324 g/mol. The predicted octanol–water partition coefficient (Wildman–Crippen LogP) is 2.85. The Kier molecular flexibility index (Phi) is 8.01. The van der Waals surface area contributed by atoms with Crippen LogP contribution in [0.2, 0.25) is 0 Å². The van der Waals surface area contributed by atoms with Gasteiger partial charge in [0, 0.05) is 57.1 Å². The highest BCUT2D eigenvalue weighted by Gasteiger charge is 2.26. The molecule has 5 nitrogen and oxygen atoms in total. The number of allylic oxidation sites excluding steroid dienone is 2. The van der Waals surface area contributed by atoms with Crippen LogP contribution in [0.4, 0.5) is 11.4 Å². The highest BCUT2D eigenvalue weighted by molar-refractivity contribution is 5.62. The van der Waals surface area contributed by atoms with Crippen molar-refractivity contribution in [3.63, 3.8) is 0 Å². The molecule has 26 heavy (non-hydrogen) atoms. The molecule has 2 aliphatic rings. The molecule has 0 aromatic heterocycles. The number of nitrogen functional groups attached to an aromatic ring is 1. The van der Waals surface area contributed by atoms with Crippen molar-refractivity contribution < 1.29 is 4.74 Å². The van der Waals surface area contributed by atoms with Crippen LogP contribution in [0, 0.1) is 0 Å². The number of rotatable bonds is 4. The third-order valence-electron chi connectivity index (χ3n) is 5.27. The lowest BCUT2D eigenvalue weighted by Gasteiger charge is -2.42. The average molecular weight is 359 g/mol. The van der Waals surface area contributed by atoms with E-state index in [1.165, 1.54) is 44.7 Å². The third kappa shape index (κ3) is 5.51. The number of hydrogen-bond donors (Lipinski definition) is 1. The molecule has 0 aliphatic carbocycles. The number of piperidine rings is 1. The van der Waals surface area contributed by atoms with Crippen LogP contribution in [0.5, 0.6) is 5.75 Å². The maximum Gasteiger partial charge on any atom is 0.143 e. The van der Waals surface area contributed by atoms with E-state index in [0.29, 0.717) is 5.69 Å². The van der Waals surface area contributed by atoms with Gasteiger partial charge in [0.05, 0.1) is 12.8 Å². The molecule has 144 valence electrons. The number of anilines is 2. The second-order valence-corrected chi connectivity index (χ2v) is 6.96. The van der Waals surface area contributed by atoms with Crippen LogP contribution >= 0.6 is 0 Å². The Bertz CT molecular complexity index is 567. The van der Waals surface area contributed by atoms with Crippen molar-refractivity contribution in [2.45, 2.75) is 18.9 Å². The number of benzene rings is 1. The van der Waals surface area contributed by atoms with Gasteiger partial charge in [-0.2, -0.15) is 0 Å². The van der Waals surface area contributed by atoms with Crippen molar-refractivity contribution in [2.24, 2.45) is 0 Å². The SMILES string of the molecule is C=CC=C.COc1cc(N2CCC(N3CCN(C)CC3)CC2)ccc1N. The summed E-state index contributed by atoms with van der Waals surface area (Å²) in [5.41, 5.74) is 7.84. The summed E-state index contributed by atoms with van der Waals surface area (Å²) in [6, 6.07) is 6.86. The Morgan fingerprint density at radius 3 is 2.19 bits per heavy atom. The van der Waals surface area contributed by atoms with Crippen molar-refractivity contribution in [1.82, 2.24) is 9.80 Å². The number of nitrogens with zero attached hydrogens (tertiary/aromatic N) is 3. The summed E-state index contributed by atoms with van der Waals surface area (Å²) in [6.07, 6.45) is 5.77. The first-order valence-electron chi connectivity index (χ1n) is 9.43. The quantitative estimate of drug-likeness (QED) is 0.662. The lowest BCUT2D eigenvalue weighted by molar-refractivity contribution is 0.0982. The van der Waals surface area contributed by atoms with Crippen molar-refractivity contribution in [1.29, 1.82) is 0 Å². The maximum atomic E-state index is 5.91. The Labute approximate surface area is 158 Å². The molecule has 0 amide bonds. The largest absolute Gasteiger partial charge is 0.495 e. The van der Waals surface area contributed by atoms with Crippen molar-refractivity contribution in [3.05, 3.63) is 43.5 Å². The van der Waals surface area contributed by atoms with Crippen LogP contribution < -0.4 is 15.4 Å². The Morgan fingerprint density at radius 1 is 1.04 bits per heavy atom. The van der Waals surface area contributed by atoms with Crippen LogP contribution in [-0.2, 0) is 0 Å². The molecule has 5 heteroatoms. The fourth-order valence-corrected chi connectivity index (χ4v) is 3.57. The van der Waals surface area contributed by atoms with Gasteiger partial charge in [0.2, 0.25) is 0 Å². The molecule has 0 bridgehead atoms. The van der Waals surface area contributed by atoms with Gasteiger partial charge in [-0.25, -0.2) is 0 Å². The predicted molar refractivity (Wildman–Crippen MR) is 112 cm³/mol. The summed E-state index contributed by atoms with van der Waals surface area (Å²) in [7, 11) is 3.89. The van der Waals surface area contributed by atoms with Crippen LogP contribution in [0.15, 0.2) is 43.5 Å². The second kappa shape index (κ2) is 10.2. The molecule has 1 aromatic carbocycles. The number of ether oxygens (including phenoxy) is 1. The van der Waals surface area contributed by atoms with Gasteiger partial charge < -0.3 is 20.3 Å². The maximum absolute atomic E-state index is 5.91. The van der Waals surface area contributed by atoms with Gasteiger partial charge in [0.15, 0.2) is 0 Å². The average Bonchev–Trinajstić information content (AvgIpc) is 2.69. The van der Waals surface area contributed by atoms with E-state index in [9.17, 15) is 0 Å². The van der Waals surface area contributed by atoms with Crippen molar-refractivity contribution >= 4 is 11.4 Å². The van der Waals surface area contributed by atoms with E-state index in [-0.39, 0.29) is 0 Å². The second-order valence-electron chi connectivity index (χ2n) is 6.96. The van der Waals surface area contributed by atoms with Gasteiger partial charge in [-0.05, 0) is 32.0 Å². The molecule has 3 rings (SSSR count). The highest BCUT2D eigenvalue weighted by Crippen LogP contribution is 2.30. The molecule has 0 radical (unpaired) electrons.